The Kier molecular flexibility index (Phi) is 6.05. The second kappa shape index (κ2) is 7.79. The predicted molar refractivity (Wildman–Crippen MR) is 86.0 cm³/mol. The Morgan fingerprint density at radius 2 is 1.95 bits per heavy atom. The van der Waals surface area contributed by atoms with E-state index in [2.05, 4.69) is 33.1 Å². The van der Waals surface area contributed by atoms with Crippen molar-refractivity contribution in [2.75, 3.05) is 19.6 Å². The molecular formula is C16H23BrN2O. The quantitative estimate of drug-likeness (QED) is 0.891. The number of piperidine rings is 1. The van der Waals surface area contributed by atoms with E-state index >= 15 is 0 Å². The van der Waals surface area contributed by atoms with Gasteiger partial charge in [0.2, 0.25) is 0 Å². The topological polar surface area (TPSA) is 32.3 Å². The number of likely N-dealkylation sites (tertiary alicyclic amines) is 1. The first-order chi connectivity index (χ1) is 9.69. The van der Waals surface area contributed by atoms with Crippen molar-refractivity contribution < 1.29 is 4.79 Å². The number of amides is 1. The van der Waals surface area contributed by atoms with Crippen molar-refractivity contribution in [1.29, 1.82) is 0 Å². The zero-order valence-corrected chi connectivity index (χ0v) is 13.7. The molecule has 0 unspecified atom stereocenters. The highest BCUT2D eigenvalue weighted by Crippen LogP contribution is 2.14. The van der Waals surface area contributed by atoms with Crippen LogP contribution in [-0.2, 0) is 0 Å². The van der Waals surface area contributed by atoms with Gasteiger partial charge in [0.25, 0.3) is 5.91 Å². The van der Waals surface area contributed by atoms with E-state index in [1.54, 1.807) is 0 Å². The maximum Gasteiger partial charge on any atom is 0.251 e. The molecule has 0 bridgehead atoms. The number of rotatable bonds is 5. The Bertz CT molecular complexity index is 425. The summed E-state index contributed by atoms with van der Waals surface area (Å²) < 4.78 is 0.998. The minimum Gasteiger partial charge on any atom is -0.349 e. The van der Waals surface area contributed by atoms with Crippen LogP contribution in [0.2, 0.25) is 0 Å². The van der Waals surface area contributed by atoms with E-state index in [4.69, 9.17) is 0 Å². The smallest absolute Gasteiger partial charge is 0.251 e. The number of nitrogens with zero attached hydrogens (tertiary/aromatic N) is 1. The third-order valence-corrected chi connectivity index (χ3v) is 4.39. The van der Waals surface area contributed by atoms with Crippen molar-refractivity contribution in [1.82, 2.24) is 10.2 Å². The van der Waals surface area contributed by atoms with E-state index in [9.17, 15) is 4.79 Å². The van der Waals surface area contributed by atoms with Gasteiger partial charge in [0.15, 0.2) is 0 Å². The van der Waals surface area contributed by atoms with Crippen molar-refractivity contribution >= 4 is 21.8 Å². The molecule has 1 heterocycles. The SMILES string of the molecule is CCCCN1CCC(NC(=O)c2ccc(Br)cc2)CC1. The van der Waals surface area contributed by atoms with Gasteiger partial charge >= 0.3 is 0 Å². The van der Waals surface area contributed by atoms with Crippen LogP contribution < -0.4 is 5.32 Å². The van der Waals surface area contributed by atoms with E-state index in [-0.39, 0.29) is 5.91 Å². The Morgan fingerprint density at radius 3 is 2.55 bits per heavy atom. The van der Waals surface area contributed by atoms with E-state index in [1.807, 2.05) is 24.3 Å². The van der Waals surface area contributed by atoms with E-state index in [1.165, 1.54) is 19.4 Å². The van der Waals surface area contributed by atoms with Crippen LogP contribution in [0.15, 0.2) is 28.7 Å². The number of carbonyl (C=O) groups excluding carboxylic acids is 1. The summed E-state index contributed by atoms with van der Waals surface area (Å²) in [5.74, 6) is 0.0458. The van der Waals surface area contributed by atoms with Crippen LogP contribution in [0.3, 0.4) is 0 Å². The lowest BCUT2D eigenvalue weighted by molar-refractivity contribution is 0.0911. The van der Waals surface area contributed by atoms with Gasteiger partial charge in [0.05, 0.1) is 0 Å². The number of carbonyl (C=O) groups is 1. The molecular weight excluding hydrogens is 316 g/mol. The standard InChI is InChI=1S/C16H23BrN2O/c1-2-3-10-19-11-8-15(9-12-19)18-16(20)13-4-6-14(17)7-5-13/h4-7,15H,2-3,8-12H2,1H3,(H,18,20). The number of unbranched alkanes of at least 4 members (excludes halogenated alkanes) is 1. The van der Waals surface area contributed by atoms with Gasteiger partial charge in [-0.15, -0.1) is 0 Å². The molecule has 0 saturated carbocycles. The molecule has 1 N–H and O–H groups in total. The molecule has 110 valence electrons. The Balaban J connectivity index is 1.77. The molecule has 1 saturated heterocycles. The van der Waals surface area contributed by atoms with Crippen molar-refractivity contribution in [2.24, 2.45) is 0 Å². The molecule has 3 nitrogen and oxygen atoms in total. The van der Waals surface area contributed by atoms with Gasteiger partial charge in [-0.05, 0) is 50.1 Å². The first-order valence-corrected chi connectivity index (χ1v) is 8.27. The van der Waals surface area contributed by atoms with Gasteiger partial charge in [0, 0.05) is 29.2 Å². The summed E-state index contributed by atoms with van der Waals surface area (Å²) in [5, 5.41) is 3.15. The average molecular weight is 339 g/mol. The second-order valence-electron chi connectivity index (χ2n) is 5.45. The van der Waals surface area contributed by atoms with Crippen LogP contribution in [0.4, 0.5) is 0 Å². The maximum atomic E-state index is 12.1. The minimum absolute atomic E-state index is 0.0458. The molecule has 4 heteroatoms. The fourth-order valence-electron chi connectivity index (χ4n) is 2.55. The van der Waals surface area contributed by atoms with Crippen molar-refractivity contribution in [3.8, 4) is 0 Å². The summed E-state index contributed by atoms with van der Waals surface area (Å²) >= 11 is 3.38. The highest BCUT2D eigenvalue weighted by molar-refractivity contribution is 9.10. The molecule has 0 aliphatic carbocycles. The average Bonchev–Trinajstić information content (AvgIpc) is 2.47. The third-order valence-electron chi connectivity index (χ3n) is 3.86. The largest absolute Gasteiger partial charge is 0.349 e. The molecule has 1 aromatic carbocycles. The van der Waals surface area contributed by atoms with Crippen molar-refractivity contribution in [3.05, 3.63) is 34.3 Å². The zero-order valence-electron chi connectivity index (χ0n) is 12.1. The second-order valence-corrected chi connectivity index (χ2v) is 6.37. The normalized spacial score (nSPS) is 17.1. The van der Waals surface area contributed by atoms with E-state index < -0.39 is 0 Å². The number of nitrogens with one attached hydrogen (secondary N) is 1. The highest BCUT2D eigenvalue weighted by atomic mass is 79.9. The third kappa shape index (κ3) is 4.60. The lowest BCUT2D eigenvalue weighted by atomic mass is 10.0. The molecule has 1 aliphatic heterocycles. The zero-order chi connectivity index (χ0) is 14.4. The number of halogens is 1. The highest BCUT2D eigenvalue weighted by Gasteiger charge is 2.20. The van der Waals surface area contributed by atoms with E-state index in [0.29, 0.717) is 6.04 Å². The molecule has 1 fully saturated rings. The van der Waals surface area contributed by atoms with Crippen molar-refractivity contribution in [2.45, 2.75) is 38.6 Å². The molecule has 1 aliphatic rings. The Hall–Kier alpha value is -0.870. The summed E-state index contributed by atoms with van der Waals surface area (Å²) in [6.07, 6.45) is 4.65. The molecule has 1 amide bonds. The van der Waals surface area contributed by atoms with Crippen LogP contribution in [0.5, 0.6) is 0 Å². The lowest BCUT2D eigenvalue weighted by Crippen LogP contribution is -2.44. The monoisotopic (exact) mass is 338 g/mol. The van der Waals surface area contributed by atoms with Gasteiger partial charge in [-0.1, -0.05) is 29.3 Å². The van der Waals surface area contributed by atoms with Gasteiger partial charge in [-0.2, -0.15) is 0 Å². The van der Waals surface area contributed by atoms with Gasteiger partial charge in [-0.3, -0.25) is 4.79 Å². The van der Waals surface area contributed by atoms with Gasteiger partial charge < -0.3 is 10.2 Å². The maximum absolute atomic E-state index is 12.1. The number of benzene rings is 1. The summed E-state index contributed by atoms with van der Waals surface area (Å²) in [4.78, 5) is 14.6. The molecule has 0 spiro atoms. The first-order valence-electron chi connectivity index (χ1n) is 7.48. The first kappa shape index (κ1) is 15.5. The number of hydrogen-bond donors (Lipinski definition) is 1. The minimum atomic E-state index is 0.0458. The molecule has 1 aromatic rings. The molecule has 0 aromatic heterocycles. The molecule has 20 heavy (non-hydrogen) atoms. The number of hydrogen-bond acceptors (Lipinski definition) is 2. The fourth-order valence-corrected chi connectivity index (χ4v) is 2.82. The van der Waals surface area contributed by atoms with Gasteiger partial charge in [0.1, 0.15) is 0 Å². The Labute approximate surface area is 129 Å². The molecule has 0 radical (unpaired) electrons. The van der Waals surface area contributed by atoms with Crippen LogP contribution in [0.25, 0.3) is 0 Å². The van der Waals surface area contributed by atoms with Crippen molar-refractivity contribution in [3.63, 3.8) is 0 Å². The summed E-state index contributed by atoms with van der Waals surface area (Å²) in [6, 6.07) is 7.85. The van der Waals surface area contributed by atoms with Crippen LogP contribution in [0, 0.1) is 0 Å². The van der Waals surface area contributed by atoms with Crippen LogP contribution in [0.1, 0.15) is 43.0 Å². The summed E-state index contributed by atoms with van der Waals surface area (Å²) in [5.41, 5.74) is 0.738. The Morgan fingerprint density at radius 1 is 1.30 bits per heavy atom. The van der Waals surface area contributed by atoms with Gasteiger partial charge in [-0.25, -0.2) is 0 Å². The predicted octanol–water partition coefficient (Wildman–Crippen LogP) is 3.44. The molecule has 0 atom stereocenters. The lowest BCUT2D eigenvalue weighted by Gasteiger charge is -2.32. The fraction of sp³-hybridized carbons (Fsp3) is 0.562. The van der Waals surface area contributed by atoms with Crippen LogP contribution >= 0.6 is 15.9 Å². The van der Waals surface area contributed by atoms with Crippen LogP contribution in [-0.4, -0.2) is 36.5 Å². The van der Waals surface area contributed by atoms with E-state index in [0.717, 1.165) is 36.0 Å². The summed E-state index contributed by atoms with van der Waals surface area (Å²) in [7, 11) is 0. The summed E-state index contributed by atoms with van der Waals surface area (Å²) in [6.45, 7) is 5.63. The molecule has 2 rings (SSSR count).